The molecule has 0 aliphatic carbocycles. The van der Waals surface area contributed by atoms with Crippen molar-refractivity contribution in [3.05, 3.63) is 78.9 Å². The quantitative estimate of drug-likeness (QED) is 0.456. The summed E-state index contributed by atoms with van der Waals surface area (Å²) in [7, 11) is 1.52. The number of barbiturate groups is 1. The minimum absolute atomic E-state index is 0.329. The van der Waals surface area contributed by atoms with Gasteiger partial charge >= 0.3 is 6.03 Å². The Labute approximate surface area is 184 Å². The summed E-state index contributed by atoms with van der Waals surface area (Å²) in [6.07, 6.45) is 1.25. The highest BCUT2D eigenvalue weighted by atomic mass is 16.5. The van der Waals surface area contributed by atoms with E-state index in [4.69, 9.17) is 4.74 Å². The molecule has 1 saturated heterocycles. The summed E-state index contributed by atoms with van der Waals surface area (Å²) in [6.45, 7) is 0. The van der Waals surface area contributed by atoms with Crippen LogP contribution in [0.1, 0.15) is 0 Å². The average molecular weight is 428 g/mol. The van der Waals surface area contributed by atoms with Crippen LogP contribution in [0.25, 0.3) is 0 Å². The number of hydrogen-bond acceptors (Lipinski definition) is 6. The van der Waals surface area contributed by atoms with E-state index in [0.29, 0.717) is 17.1 Å². The van der Waals surface area contributed by atoms with Crippen molar-refractivity contribution < 1.29 is 19.1 Å². The Bertz CT molecular complexity index is 1160. The van der Waals surface area contributed by atoms with Crippen LogP contribution in [0.3, 0.4) is 0 Å². The van der Waals surface area contributed by atoms with E-state index in [2.05, 4.69) is 15.6 Å². The van der Waals surface area contributed by atoms with Gasteiger partial charge in [0.05, 0.1) is 18.5 Å². The van der Waals surface area contributed by atoms with E-state index in [1.807, 2.05) is 42.5 Å². The van der Waals surface area contributed by atoms with E-state index in [0.717, 1.165) is 16.3 Å². The van der Waals surface area contributed by atoms with Crippen molar-refractivity contribution >= 4 is 46.8 Å². The number of carbonyl (C=O) groups is 3. The number of urea groups is 1. The van der Waals surface area contributed by atoms with E-state index < -0.39 is 23.8 Å². The van der Waals surface area contributed by atoms with E-state index in [-0.39, 0.29) is 0 Å². The first-order valence-electron chi connectivity index (χ1n) is 9.84. The van der Waals surface area contributed by atoms with Gasteiger partial charge in [0.25, 0.3) is 5.91 Å². The Morgan fingerprint density at radius 1 is 0.906 bits per heavy atom. The molecule has 0 bridgehead atoms. The lowest BCUT2D eigenvalue weighted by Crippen LogP contribution is -2.58. The van der Waals surface area contributed by atoms with Gasteiger partial charge in [0, 0.05) is 17.6 Å². The second-order valence-corrected chi connectivity index (χ2v) is 6.96. The fourth-order valence-corrected chi connectivity index (χ4v) is 3.18. The summed E-state index contributed by atoms with van der Waals surface area (Å²) < 4.78 is 5.09. The molecule has 1 unspecified atom stereocenters. The largest absolute Gasteiger partial charge is 0.497 e. The van der Waals surface area contributed by atoms with Gasteiger partial charge in [-0.2, -0.15) is 0 Å². The molecule has 1 fully saturated rings. The Morgan fingerprint density at radius 3 is 2.22 bits per heavy atom. The Kier molecular flexibility index (Phi) is 5.94. The Hall–Kier alpha value is -4.46. The van der Waals surface area contributed by atoms with Crippen LogP contribution in [0.15, 0.2) is 83.9 Å². The number of anilines is 3. The summed E-state index contributed by atoms with van der Waals surface area (Å²) in [5.41, 5.74) is 2.72. The topological polar surface area (TPSA) is 100 Å². The fourth-order valence-electron chi connectivity index (χ4n) is 3.18. The van der Waals surface area contributed by atoms with Gasteiger partial charge in [0.1, 0.15) is 5.75 Å². The molecule has 1 aliphatic rings. The van der Waals surface area contributed by atoms with Crippen LogP contribution in [0.5, 0.6) is 5.75 Å². The molecular formula is C24H20N4O4. The van der Waals surface area contributed by atoms with Crippen LogP contribution in [-0.4, -0.2) is 31.2 Å². The molecule has 1 heterocycles. The van der Waals surface area contributed by atoms with E-state index in [1.165, 1.54) is 13.3 Å². The van der Waals surface area contributed by atoms with Crippen LogP contribution in [0, 0.1) is 5.92 Å². The molecule has 0 saturated carbocycles. The number of rotatable bonds is 6. The standard InChI is InChI=1S/C24H20N4O4/c1-32-20-13-11-19(12-14-20)28-23(30)21(22(29)27-24(28)31)15-25-16-7-9-18(10-8-16)26-17-5-3-2-4-6-17/h2-15,21,26H,1H3,(H,27,29,31). The highest BCUT2D eigenvalue weighted by Gasteiger charge is 2.40. The van der Waals surface area contributed by atoms with Gasteiger partial charge in [-0.25, -0.2) is 9.69 Å². The van der Waals surface area contributed by atoms with Crippen molar-refractivity contribution in [2.45, 2.75) is 0 Å². The maximum Gasteiger partial charge on any atom is 0.335 e. The number of ether oxygens (including phenoxy) is 1. The predicted octanol–water partition coefficient (Wildman–Crippen LogP) is 4.04. The number of imide groups is 2. The van der Waals surface area contributed by atoms with E-state index >= 15 is 0 Å². The van der Waals surface area contributed by atoms with E-state index in [9.17, 15) is 14.4 Å². The molecule has 1 aliphatic heterocycles. The molecule has 8 nitrogen and oxygen atoms in total. The molecule has 4 amide bonds. The third kappa shape index (κ3) is 4.49. The molecule has 3 aromatic carbocycles. The maximum atomic E-state index is 12.9. The molecule has 4 rings (SSSR count). The summed E-state index contributed by atoms with van der Waals surface area (Å²) >= 11 is 0. The first-order valence-corrected chi connectivity index (χ1v) is 9.84. The van der Waals surface area contributed by atoms with Crippen molar-refractivity contribution in [1.82, 2.24) is 5.32 Å². The lowest BCUT2D eigenvalue weighted by Gasteiger charge is -2.28. The molecule has 2 N–H and O–H groups in total. The smallest absolute Gasteiger partial charge is 0.335 e. The van der Waals surface area contributed by atoms with Crippen molar-refractivity contribution in [3.8, 4) is 5.75 Å². The first-order chi connectivity index (χ1) is 15.5. The average Bonchev–Trinajstić information content (AvgIpc) is 2.81. The van der Waals surface area contributed by atoms with Crippen LogP contribution in [0.4, 0.5) is 27.5 Å². The SMILES string of the molecule is COc1ccc(N2C(=O)NC(=O)C(C=Nc3ccc(Nc4ccccc4)cc3)C2=O)cc1. The summed E-state index contributed by atoms with van der Waals surface area (Å²) in [5.74, 6) is -2.03. The lowest BCUT2D eigenvalue weighted by atomic mass is 10.1. The monoisotopic (exact) mass is 428 g/mol. The number of para-hydroxylation sites is 1. The highest BCUT2D eigenvalue weighted by Crippen LogP contribution is 2.24. The third-order valence-electron chi connectivity index (χ3n) is 4.84. The maximum absolute atomic E-state index is 12.9. The van der Waals surface area contributed by atoms with Crippen LogP contribution in [-0.2, 0) is 9.59 Å². The number of amides is 4. The molecule has 3 aromatic rings. The predicted molar refractivity (Wildman–Crippen MR) is 122 cm³/mol. The number of methoxy groups -OCH3 is 1. The summed E-state index contributed by atoms with van der Waals surface area (Å²) in [6, 6.07) is 22.5. The number of carbonyl (C=O) groups excluding carboxylic acids is 3. The van der Waals surface area contributed by atoms with Gasteiger partial charge in [-0.15, -0.1) is 0 Å². The molecule has 32 heavy (non-hydrogen) atoms. The number of benzene rings is 3. The zero-order chi connectivity index (χ0) is 22.5. The minimum Gasteiger partial charge on any atom is -0.497 e. The van der Waals surface area contributed by atoms with Crippen molar-refractivity contribution in [2.75, 3.05) is 17.3 Å². The first kappa shape index (κ1) is 20.8. The number of hydrogen-bond donors (Lipinski definition) is 2. The fraction of sp³-hybridized carbons (Fsp3) is 0.0833. The molecule has 0 radical (unpaired) electrons. The second kappa shape index (κ2) is 9.13. The van der Waals surface area contributed by atoms with Crippen molar-refractivity contribution in [1.29, 1.82) is 0 Å². The van der Waals surface area contributed by atoms with Gasteiger partial charge in [-0.3, -0.25) is 19.9 Å². The van der Waals surface area contributed by atoms with Gasteiger partial charge in [0.2, 0.25) is 5.91 Å². The van der Waals surface area contributed by atoms with Gasteiger partial charge < -0.3 is 10.1 Å². The van der Waals surface area contributed by atoms with Crippen LogP contribution < -0.4 is 20.3 Å². The van der Waals surface area contributed by atoms with Crippen LogP contribution >= 0.6 is 0 Å². The molecular weight excluding hydrogens is 408 g/mol. The second-order valence-electron chi connectivity index (χ2n) is 6.96. The highest BCUT2D eigenvalue weighted by molar-refractivity contribution is 6.32. The van der Waals surface area contributed by atoms with Crippen molar-refractivity contribution in [2.24, 2.45) is 10.9 Å². The number of nitrogens with one attached hydrogen (secondary N) is 2. The van der Waals surface area contributed by atoms with Gasteiger partial charge in [0.15, 0.2) is 5.92 Å². The minimum atomic E-state index is -1.23. The summed E-state index contributed by atoms with van der Waals surface area (Å²) in [4.78, 5) is 42.6. The van der Waals surface area contributed by atoms with Crippen LogP contribution in [0.2, 0.25) is 0 Å². The molecule has 0 spiro atoms. The molecule has 1 atom stereocenters. The summed E-state index contributed by atoms with van der Waals surface area (Å²) in [5, 5.41) is 5.47. The van der Waals surface area contributed by atoms with Crippen molar-refractivity contribution in [3.63, 3.8) is 0 Å². The van der Waals surface area contributed by atoms with Gasteiger partial charge in [-0.1, -0.05) is 18.2 Å². The number of aliphatic imine (C=N–C) groups is 1. The van der Waals surface area contributed by atoms with Gasteiger partial charge in [-0.05, 0) is 60.7 Å². The van der Waals surface area contributed by atoms with E-state index in [1.54, 1.807) is 36.4 Å². The Morgan fingerprint density at radius 2 is 1.56 bits per heavy atom. The zero-order valence-corrected chi connectivity index (χ0v) is 17.2. The normalized spacial score (nSPS) is 16.2. The molecule has 160 valence electrons. The molecule has 8 heteroatoms. The Balaban J connectivity index is 1.49. The zero-order valence-electron chi connectivity index (χ0n) is 17.2. The lowest BCUT2D eigenvalue weighted by molar-refractivity contribution is -0.131. The third-order valence-corrected chi connectivity index (χ3v) is 4.84. The number of nitrogens with zero attached hydrogens (tertiary/aromatic N) is 2. The molecule has 0 aromatic heterocycles.